The highest BCUT2D eigenvalue weighted by molar-refractivity contribution is 7.22. The number of hydrogen-bond donors (Lipinski definition) is 0. The molecule has 2 fully saturated rings. The highest BCUT2D eigenvalue weighted by atomic mass is 32.1. The van der Waals surface area contributed by atoms with Gasteiger partial charge < -0.3 is 4.74 Å². The molecule has 0 radical (unpaired) electrons. The summed E-state index contributed by atoms with van der Waals surface area (Å²) in [6.07, 6.45) is 5.17. The molecular weight excluding hydrogens is 500 g/mol. The Balaban J connectivity index is 1.27. The summed E-state index contributed by atoms with van der Waals surface area (Å²) in [5.74, 6) is 0.982. The Morgan fingerprint density at radius 2 is 1.56 bits per heavy atom. The maximum atomic E-state index is 14.1. The zero-order chi connectivity index (χ0) is 26.8. The summed E-state index contributed by atoms with van der Waals surface area (Å²) in [7, 11) is 0. The minimum absolute atomic E-state index is 0.101. The van der Waals surface area contributed by atoms with Crippen molar-refractivity contribution < 1.29 is 9.53 Å². The lowest BCUT2D eigenvalue weighted by Gasteiger charge is -2.17. The van der Waals surface area contributed by atoms with Crippen LogP contribution in [0.3, 0.4) is 0 Å². The Labute approximate surface area is 236 Å². The van der Waals surface area contributed by atoms with E-state index >= 15 is 0 Å². The van der Waals surface area contributed by atoms with Gasteiger partial charge >= 0.3 is 0 Å². The van der Waals surface area contributed by atoms with Crippen molar-refractivity contribution in [3.63, 3.8) is 0 Å². The molecule has 0 unspecified atom stereocenters. The first-order valence-corrected chi connectivity index (χ1v) is 15.2. The number of thiophene rings is 1. The van der Waals surface area contributed by atoms with Gasteiger partial charge in [-0.15, -0.1) is 11.3 Å². The third-order valence-electron chi connectivity index (χ3n) is 8.26. The van der Waals surface area contributed by atoms with E-state index in [0.29, 0.717) is 6.61 Å². The number of carbonyl (C=O) groups excluding carboxylic acids is 1. The van der Waals surface area contributed by atoms with E-state index in [2.05, 4.69) is 66.1 Å². The van der Waals surface area contributed by atoms with Crippen LogP contribution in [-0.2, 0) is 6.54 Å². The van der Waals surface area contributed by atoms with Crippen molar-refractivity contribution in [2.75, 3.05) is 39.3 Å². The van der Waals surface area contributed by atoms with Gasteiger partial charge in [0.05, 0.1) is 0 Å². The largest absolute Gasteiger partial charge is 0.492 e. The van der Waals surface area contributed by atoms with Crippen LogP contribution < -0.4 is 4.74 Å². The standard InChI is InChI=1S/C34H38N2O2S/c1-24-7-14-31-30(21-24)32(33(37)27-8-9-28(25(2)22-27)23-36-17-5-6-18-36)34(39-31)26-10-12-29(13-11-26)38-20-19-35-15-3-4-16-35/h7-14,21-22H,3-6,15-20,23H2,1-2H3. The SMILES string of the molecule is Cc1ccc2sc(-c3ccc(OCCN4CCCC4)cc3)c(C(=O)c3ccc(CN4CCCC4)c(C)c3)c2c1. The van der Waals surface area contributed by atoms with E-state index < -0.39 is 0 Å². The molecule has 4 aromatic rings. The fourth-order valence-electron chi connectivity index (χ4n) is 5.98. The van der Waals surface area contributed by atoms with Crippen LogP contribution in [0, 0.1) is 13.8 Å². The quantitative estimate of drug-likeness (QED) is 0.207. The number of benzene rings is 3. The van der Waals surface area contributed by atoms with Crippen molar-refractivity contribution in [3.05, 3.63) is 88.5 Å². The lowest BCUT2D eigenvalue weighted by atomic mass is 9.94. The number of likely N-dealkylation sites (tertiary alicyclic amines) is 2. The maximum Gasteiger partial charge on any atom is 0.195 e. The molecule has 0 saturated carbocycles. The summed E-state index contributed by atoms with van der Waals surface area (Å²) in [5.41, 5.74) is 6.32. The topological polar surface area (TPSA) is 32.8 Å². The summed E-state index contributed by atoms with van der Waals surface area (Å²) in [6, 6.07) is 21.0. The minimum Gasteiger partial charge on any atom is -0.492 e. The first-order chi connectivity index (χ1) is 19.0. The molecule has 0 atom stereocenters. The molecule has 3 heterocycles. The number of ether oxygens (including phenoxy) is 1. The Morgan fingerprint density at radius 1 is 0.846 bits per heavy atom. The number of fused-ring (bicyclic) bond motifs is 1. The van der Waals surface area contributed by atoms with E-state index in [1.807, 2.05) is 18.2 Å². The Bertz CT molecular complexity index is 1460. The molecule has 0 spiro atoms. The number of ketones is 1. The molecule has 0 N–H and O–H groups in total. The lowest BCUT2D eigenvalue weighted by molar-refractivity contribution is 0.104. The third kappa shape index (κ3) is 5.81. The van der Waals surface area contributed by atoms with Crippen LogP contribution in [0.25, 0.3) is 20.5 Å². The normalized spacial score (nSPS) is 16.4. The molecule has 202 valence electrons. The Hall–Kier alpha value is -2.99. The first kappa shape index (κ1) is 26.2. The number of rotatable bonds is 9. The van der Waals surface area contributed by atoms with E-state index in [1.165, 1.54) is 68.6 Å². The monoisotopic (exact) mass is 538 g/mol. The van der Waals surface area contributed by atoms with Crippen LogP contribution >= 0.6 is 11.3 Å². The van der Waals surface area contributed by atoms with Crippen molar-refractivity contribution in [2.24, 2.45) is 0 Å². The highest BCUT2D eigenvalue weighted by Crippen LogP contribution is 2.41. The molecule has 3 aromatic carbocycles. The van der Waals surface area contributed by atoms with Gasteiger partial charge in [0.1, 0.15) is 12.4 Å². The van der Waals surface area contributed by atoms with Crippen molar-refractivity contribution in [1.82, 2.24) is 9.80 Å². The van der Waals surface area contributed by atoms with Gasteiger partial charge in [-0.3, -0.25) is 14.6 Å². The molecular formula is C34H38N2O2S. The second kappa shape index (κ2) is 11.6. The van der Waals surface area contributed by atoms with E-state index in [9.17, 15) is 4.79 Å². The smallest absolute Gasteiger partial charge is 0.195 e. The van der Waals surface area contributed by atoms with Gasteiger partial charge in [-0.1, -0.05) is 23.8 Å². The third-order valence-corrected chi connectivity index (χ3v) is 9.48. The molecule has 0 amide bonds. The fraction of sp³-hybridized carbons (Fsp3) is 0.382. The molecule has 2 aliphatic rings. The predicted octanol–water partition coefficient (Wildman–Crippen LogP) is 7.49. The van der Waals surface area contributed by atoms with E-state index in [4.69, 9.17) is 4.74 Å². The number of carbonyl (C=O) groups is 1. The van der Waals surface area contributed by atoms with Gasteiger partial charge in [-0.25, -0.2) is 0 Å². The Morgan fingerprint density at radius 3 is 2.28 bits per heavy atom. The molecule has 39 heavy (non-hydrogen) atoms. The second-order valence-corrected chi connectivity index (χ2v) is 12.2. The average Bonchev–Trinajstić information content (AvgIpc) is 3.71. The predicted molar refractivity (Wildman–Crippen MR) is 162 cm³/mol. The number of aryl methyl sites for hydroxylation is 2. The molecule has 1 aromatic heterocycles. The van der Waals surface area contributed by atoms with Crippen LogP contribution in [0.2, 0.25) is 0 Å². The summed E-state index contributed by atoms with van der Waals surface area (Å²) >= 11 is 1.70. The summed E-state index contributed by atoms with van der Waals surface area (Å²) < 4.78 is 7.19. The first-order valence-electron chi connectivity index (χ1n) is 14.4. The van der Waals surface area contributed by atoms with Crippen LogP contribution in [0.1, 0.15) is 58.3 Å². The molecule has 5 heteroatoms. The van der Waals surface area contributed by atoms with E-state index in [0.717, 1.165) is 50.5 Å². The van der Waals surface area contributed by atoms with Gasteiger partial charge in [0.2, 0.25) is 0 Å². The average molecular weight is 539 g/mol. The zero-order valence-electron chi connectivity index (χ0n) is 23.2. The molecule has 0 bridgehead atoms. The van der Waals surface area contributed by atoms with Crippen LogP contribution in [0.15, 0.2) is 60.7 Å². The van der Waals surface area contributed by atoms with E-state index in [-0.39, 0.29) is 5.78 Å². The molecule has 0 aliphatic carbocycles. The summed E-state index contributed by atoms with van der Waals surface area (Å²) in [5, 5.41) is 1.05. The molecule has 2 aliphatic heterocycles. The fourth-order valence-corrected chi connectivity index (χ4v) is 7.17. The summed E-state index contributed by atoms with van der Waals surface area (Å²) in [6.45, 7) is 11.6. The zero-order valence-corrected chi connectivity index (χ0v) is 24.0. The van der Waals surface area contributed by atoms with Gasteiger partial charge in [0.15, 0.2) is 5.78 Å². The van der Waals surface area contributed by atoms with Crippen LogP contribution in [0.4, 0.5) is 0 Å². The Kier molecular flexibility index (Phi) is 7.83. The number of nitrogens with zero attached hydrogens (tertiary/aromatic N) is 2. The van der Waals surface area contributed by atoms with E-state index in [1.54, 1.807) is 11.3 Å². The minimum atomic E-state index is 0.101. The van der Waals surface area contributed by atoms with Crippen LogP contribution in [0.5, 0.6) is 5.75 Å². The molecule has 4 nitrogen and oxygen atoms in total. The molecule has 2 saturated heterocycles. The lowest BCUT2D eigenvalue weighted by Crippen LogP contribution is -2.25. The van der Waals surface area contributed by atoms with Gasteiger partial charge in [-0.05, 0) is 125 Å². The van der Waals surface area contributed by atoms with Gasteiger partial charge in [0, 0.05) is 39.2 Å². The van der Waals surface area contributed by atoms with Gasteiger partial charge in [-0.2, -0.15) is 0 Å². The van der Waals surface area contributed by atoms with Crippen LogP contribution in [-0.4, -0.2) is 54.9 Å². The maximum absolute atomic E-state index is 14.1. The van der Waals surface area contributed by atoms with Crippen molar-refractivity contribution in [2.45, 2.75) is 46.1 Å². The van der Waals surface area contributed by atoms with Crippen molar-refractivity contribution in [1.29, 1.82) is 0 Å². The summed E-state index contributed by atoms with van der Waals surface area (Å²) in [4.78, 5) is 20.1. The second-order valence-electron chi connectivity index (χ2n) is 11.2. The molecule has 6 rings (SSSR count). The van der Waals surface area contributed by atoms with Crippen molar-refractivity contribution >= 4 is 27.2 Å². The van der Waals surface area contributed by atoms with Crippen molar-refractivity contribution in [3.8, 4) is 16.2 Å². The number of hydrogen-bond acceptors (Lipinski definition) is 5. The highest BCUT2D eigenvalue weighted by Gasteiger charge is 2.23. The van der Waals surface area contributed by atoms with Gasteiger partial charge in [0.25, 0.3) is 0 Å².